The highest BCUT2D eigenvalue weighted by Crippen LogP contribution is 2.67. The number of amides is 3. The third-order valence-electron chi connectivity index (χ3n) is 14.0. The van der Waals surface area contributed by atoms with Crippen LogP contribution < -0.4 is 9.64 Å². The highest BCUT2D eigenvalue weighted by molar-refractivity contribution is 6.23. The Balaban J connectivity index is 1.26. The molecule has 5 heterocycles. The molecule has 358 valence electrons. The van der Waals surface area contributed by atoms with Crippen LogP contribution in [0.4, 0.5) is 10.5 Å². The van der Waals surface area contributed by atoms with Crippen molar-refractivity contribution in [1.29, 1.82) is 0 Å². The van der Waals surface area contributed by atoms with Gasteiger partial charge < -0.3 is 29.0 Å². The molecule has 3 saturated heterocycles. The summed E-state index contributed by atoms with van der Waals surface area (Å²) in [5.74, 6) is 3.55. The van der Waals surface area contributed by atoms with Crippen molar-refractivity contribution in [3.63, 3.8) is 0 Å². The van der Waals surface area contributed by atoms with E-state index in [1.165, 1.54) is 7.11 Å². The average molecular weight is 943 g/mol. The lowest BCUT2D eigenvalue weighted by atomic mass is 9.64. The van der Waals surface area contributed by atoms with Crippen molar-refractivity contribution in [2.24, 2.45) is 5.92 Å². The number of anilines is 1. The monoisotopic (exact) mass is 942 g/mol. The number of likely N-dealkylation sites (tertiary alicyclic amines) is 1. The minimum absolute atomic E-state index is 0.0664. The Kier molecular flexibility index (Phi) is 13.4. The van der Waals surface area contributed by atoms with Crippen LogP contribution in [0.15, 0.2) is 127 Å². The number of fused-ring (bicyclic) bond motifs is 4. The number of hydrogen-bond donors (Lipinski definition) is 1. The topological polar surface area (TPSA) is 166 Å². The van der Waals surface area contributed by atoms with Crippen molar-refractivity contribution < 1.29 is 43.2 Å². The molecule has 70 heavy (non-hydrogen) atoms. The smallest absolute Gasteiger partial charge is 0.421 e. The number of methoxy groups -OCH3 is 1. The average Bonchev–Trinajstić information content (AvgIpc) is 4.02. The van der Waals surface area contributed by atoms with E-state index in [9.17, 15) is 9.90 Å². The fourth-order valence-electron chi connectivity index (χ4n) is 11.1. The summed E-state index contributed by atoms with van der Waals surface area (Å²) in [7, 11) is 1.48. The number of rotatable bonds is 11. The molecule has 1 aromatic heterocycles. The number of para-hydroxylation sites is 2. The summed E-state index contributed by atoms with van der Waals surface area (Å²) in [6, 6.07) is 35.7. The highest BCUT2D eigenvalue weighted by Gasteiger charge is 2.76. The van der Waals surface area contributed by atoms with Crippen molar-refractivity contribution in [1.82, 2.24) is 24.8 Å². The summed E-state index contributed by atoms with van der Waals surface area (Å²) in [6.07, 6.45) is 2.46. The molecule has 15 nitrogen and oxygen atoms in total. The van der Waals surface area contributed by atoms with Crippen LogP contribution in [0.3, 0.4) is 0 Å². The zero-order valence-electron chi connectivity index (χ0n) is 38.9. The maximum absolute atomic E-state index is 16.6. The summed E-state index contributed by atoms with van der Waals surface area (Å²) in [5.41, 5.74) is 2.44. The molecule has 0 bridgehead atoms. The molecule has 6 aromatic rings. The molecule has 1 N–H and O–H groups in total. The zero-order valence-corrected chi connectivity index (χ0v) is 38.9. The maximum Gasteiger partial charge on any atom is 0.421 e. The maximum atomic E-state index is 16.6. The van der Waals surface area contributed by atoms with Gasteiger partial charge in [-0.15, -0.1) is 5.10 Å². The molecule has 0 radical (unpaired) electrons. The molecule has 1 spiro atoms. The predicted octanol–water partition coefficient (Wildman–Crippen LogP) is 7.10. The number of aliphatic hydroxyl groups is 1. The fraction of sp³-hybridized carbons (Fsp3) is 0.345. The standard InChI is InChI=1S/C55H54N6O9/c1-67-34-35-69-54(66)60-43-28-27-37(18-17-31-59-44-25-13-12-24-42(44)56-57-59)36-41(43)55(53(60)65)46(51(63)58-29-15-3-2-4-16-30-58)48-52(64)70-49(39-21-9-6-10-22-39)47(38-19-7-5-8-20-38)61(48)50(55)40-23-11-14-26-45(40)68-33-32-62/h5-14,19-28,36,46-50,62H,2-4,15-16,29-35H2,1H3. The van der Waals surface area contributed by atoms with Gasteiger partial charge in [0.05, 0.1) is 42.4 Å². The Morgan fingerprint density at radius 3 is 2.26 bits per heavy atom. The van der Waals surface area contributed by atoms with Crippen LogP contribution >= 0.6 is 0 Å². The second-order valence-electron chi connectivity index (χ2n) is 18.0. The number of aromatic nitrogens is 3. The molecular formula is C55H54N6O9. The van der Waals surface area contributed by atoms with Gasteiger partial charge in [0.1, 0.15) is 48.6 Å². The lowest BCUT2D eigenvalue weighted by Crippen LogP contribution is -2.56. The van der Waals surface area contributed by atoms with E-state index in [1.54, 1.807) is 39.9 Å². The van der Waals surface area contributed by atoms with Gasteiger partial charge in [0.15, 0.2) is 0 Å². The van der Waals surface area contributed by atoms with Crippen molar-refractivity contribution in [2.75, 3.05) is 51.5 Å². The van der Waals surface area contributed by atoms with Gasteiger partial charge in [0.2, 0.25) is 11.8 Å². The van der Waals surface area contributed by atoms with Gasteiger partial charge >= 0.3 is 12.1 Å². The number of carbonyl (C=O) groups is 4. The molecule has 4 aliphatic rings. The molecule has 10 rings (SSSR count). The van der Waals surface area contributed by atoms with E-state index in [0.717, 1.165) is 53.6 Å². The Hall–Kier alpha value is -7.38. The molecule has 5 aromatic carbocycles. The highest BCUT2D eigenvalue weighted by atomic mass is 16.6. The summed E-state index contributed by atoms with van der Waals surface area (Å²) >= 11 is 0. The molecular weight excluding hydrogens is 889 g/mol. The molecule has 0 saturated carbocycles. The summed E-state index contributed by atoms with van der Waals surface area (Å²) in [6.45, 7) is 0.527. The minimum atomic E-state index is -2.03. The number of benzene rings is 5. The molecule has 4 aliphatic heterocycles. The van der Waals surface area contributed by atoms with Crippen LogP contribution in [0.2, 0.25) is 0 Å². The molecule has 0 aliphatic carbocycles. The Morgan fingerprint density at radius 1 is 0.800 bits per heavy atom. The minimum Gasteiger partial charge on any atom is -0.491 e. The fourth-order valence-corrected chi connectivity index (χ4v) is 11.1. The number of nitrogens with zero attached hydrogens (tertiary/aromatic N) is 6. The SMILES string of the molecule is COCCOC(=O)N1C(=O)C2(c3cc(C#CCn4nnc5ccccc54)ccc31)C(C(=O)N1CCCCCCC1)C1C(=O)OC(c3ccccc3)C(c3ccccc3)N1C2c1ccccc1OCCO. The predicted molar refractivity (Wildman–Crippen MR) is 258 cm³/mol. The molecule has 3 fully saturated rings. The first kappa shape index (κ1) is 46.4. The van der Waals surface area contributed by atoms with E-state index >= 15 is 14.4 Å². The number of carbonyl (C=O) groups excluding carboxylic acids is 4. The Morgan fingerprint density at radius 2 is 1.50 bits per heavy atom. The van der Waals surface area contributed by atoms with Crippen LogP contribution in [0, 0.1) is 17.8 Å². The molecule has 15 heteroatoms. The Labute approximate surface area is 405 Å². The number of hydrogen-bond acceptors (Lipinski definition) is 12. The Bertz CT molecular complexity index is 2950. The van der Waals surface area contributed by atoms with Gasteiger partial charge in [-0.25, -0.2) is 14.4 Å². The van der Waals surface area contributed by atoms with Gasteiger partial charge in [-0.3, -0.25) is 19.3 Å². The summed E-state index contributed by atoms with van der Waals surface area (Å²) < 4.78 is 25.7. The van der Waals surface area contributed by atoms with E-state index in [1.807, 2.05) is 102 Å². The normalized spacial score (nSPS) is 23.2. The van der Waals surface area contributed by atoms with E-state index in [4.69, 9.17) is 18.9 Å². The van der Waals surface area contributed by atoms with Crippen LogP contribution in [0.5, 0.6) is 5.75 Å². The van der Waals surface area contributed by atoms with Gasteiger partial charge in [0, 0.05) is 31.3 Å². The van der Waals surface area contributed by atoms with E-state index in [2.05, 4.69) is 22.2 Å². The quantitative estimate of drug-likeness (QED) is 0.0798. The zero-order chi connectivity index (χ0) is 48.2. The van der Waals surface area contributed by atoms with Crippen molar-refractivity contribution in [3.8, 4) is 17.6 Å². The summed E-state index contributed by atoms with van der Waals surface area (Å²) in [4.78, 5) is 68.0. The van der Waals surface area contributed by atoms with E-state index in [-0.39, 0.29) is 38.7 Å². The number of esters is 1. The largest absolute Gasteiger partial charge is 0.491 e. The number of aliphatic hydroxyl groups excluding tert-OH is 1. The third-order valence-corrected chi connectivity index (χ3v) is 14.0. The van der Waals surface area contributed by atoms with E-state index < -0.39 is 59.4 Å². The number of morpholine rings is 1. The van der Waals surface area contributed by atoms with Crippen molar-refractivity contribution in [2.45, 2.75) is 68.3 Å². The summed E-state index contributed by atoms with van der Waals surface area (Å²) in [5, 5.41) is 18.7. The first-order valence-corrected chi connectivity index (χ1v) is 24.0. The van der Waals surface area contributed by atoms with Gasteiger partial charge in [-0.05, 0) is 65.9 Å². The lowest BCUT2D eigenvalue weighted by Gasteiger charge is -2.46. The van der Waals surface area contributed by atoms with Crippen LogP contribution in [0.25, 0.3) is 11.0 Å². The molecule has 3 amide bonds. The van der Waals surface area contributed by atoms with Gasteiger partial charge in [0.25, 0.3) is 0 Å². The van der Waals surface area contributed by atoms with Crippen LogP contribution in [-0.4, -0.2) is 106 Å². The van der Waals surface area contributed by atoms with Crippen molar-refractivity contribution >= 4 is 40.6 Å². The van der Waals surface area contributed by atoms with Crippen LogP contribution in [0.1, 0.15) is 78.1 Å². The van der Waals surface area contributed by atoms with Gasteiger partial charge in [-0.1, -0.05) is 127 Å². The number of cyclic esters (lactones) is 1. The number of ether oxygens (including phenoxy) is 4. The molecule has 6 unspecified atom stereocenters. The van der Waals surface area contributed by atoms with Gasteiger partial charge in [-0.2, -0.15) is 0 Å². The third kappa shape index (κ3) is 8.25. The first-order valence-electron chi connectivity index (χ1n) is 24.0. The second-order valence-corrected chi connectivity index (χ2v) is 18.0. The second kappa shape index (κ2) is 20.3. The lowest BCUT2D eigenvalue weighted by molar-refractivity contribution is -0.179. The van der Waals surface area contributed by atoms with Crippen molar-refractivity contribution in [3.05, 3.63) is 155 Å². The first-order chi connectivity index (χ1) is 34.4. The molecule has 6 atom stereocenters. The van der Waals surface area contributed by atoms with Crippen LogP contribution in [-0.2, 0) is 40.6 Å². The van der Waals surface area contributed by atoms with E-state index in [0.29, 0.717) is 41.1 Å². The number of imide groups is 1.